The van der Waals surface area contributed by atoms with Crippen molar-refractivity contribution in [3.05, 3.63) is 29.8 Å². The lowest BCUT2D eigenvalue weighted by Crippen LogP contribution is -2.17. The molecule has 1 aromatic carbocycles. The predicted molar refractivity (Wildman–Crippen MR) is 71.9 cm³/mol. The fourth-order valence-electron chi connectivity index (χ4n) is 1.77. The molecule has 1 atom stereocenters. The van der Waals surface area contributed by atoms with Crippen molar-refractivity contribution in [1.29, 1.82) is 0 Å². The normalized spacial score (nSPS) is 12.2. The Morgan fingerprint density at radius 2 is 2.24 bits per heavy atom. The van der Waals surface area contributed by atoms with Gasteiger partial charge in [-0.25, -0.2) is 0 Å². The number of hydrogen-bond donors (Lipinski definition) is 2. The molecule has 3 N–H and O–H groups in total. The van der Waals surface area contributed by atoms with Gasteiger partial charge in [-0.2, -0.15) is 0 Å². The molecule has 1 aromatic rings. The van der Waals surface area contributed by atoms with E-state index < -0.39 is 0 Å². The summed E-state index contributed by atoms with van der Waals surface area (Å²) in [6.45, 7) is 4.78. The third-order valence-electron chi connectivity index (χ3n) is 2.99. The lowest BCUT2D eigenvalue weighted by Gasteiger charge is -2.11. The monoisotopic (exact) mass is 234 g/mol. The molecule has 3 heteroatoms. The van der Waals surface area contributed by atoms with Gasteiger partial charge >= 0.3 is 0 Å². The largest absolute Gasteiger partial charge is 0.330 e. The van der Waals surface area contributed by atoms with E-state index in [0.717, 1.165) is 24.1 Å². The van der Waals surface area contributed by atoms with Crippen LogP contribution in [0.4, 0.5) is 5.69 Å². The lowest BCUT2D eigenvalue weighted by molar-refractivity contribution is -0.116. The van der Waals surface area contributed by atoms with Crippen molar-refractivity contribution in [2.75, 3.05) is 11.9 Å². The molecule has 0 aliphatic carbocycles. The van der Waals surface area contributed by atoms with Crippen LogP contribution in [0.3, 0.4) is 0 Å². The Balaban J connectivity index is 2.39. The van der Waals surface area contributed by atoms with E-state index in [9.17, 15) is 4.79 Å². The molecule has 0 aliphatic heterocycles. The number of benzene rings is 1. The number of nitrogens with two attached hydrogens (primary N) is 1. The van der Waals surface area contributed by atoms with Crippen molar-refractivity contribution < 1.29 is 4.79 Å². The van der Waals surface area contributed by atoms with Gasteiger partial charge in [-0.1, -0.05) is 25.5 Å². The van der Waals surface area contributed by atoms with Gasteiger partial charge in [0.1, 0.15) is 0 Å². The zero-order chi connectivity index (χ0) is 12.7. The van der Waals surface area contributed by atoms with Gasteiger partial charge in [0.25, 0.3) is 0 Å². The number of amides is 1. The summed E-state index contributed by atoms with van der Waals surface area (Å²) in [7, 11) is 0. The minimum absolute atomic E-state index is 0.0718. The highest BCUT2D eigenvalue weighted by Crippen LogP contribution is 2.12. The number of anilines is 1. The zero-order valence-electron chi connectivity index (χ0n) is 10.7. The van der Waals surface area contributed by atoms with Gasteiger partial charge in [0.2, 0.25) is 5.91 Å². The topological polar surface area (TPSA) is 55.1 Å². The summed E-state index contributed by atoms with van der Waals surface area (Å²) in [4.78, 5) is 11.7. The number of nitrogens with one attached hydrogen (secondary N) is 1. The van der Waals surface area contributed by atoms with Crippen LogP contribution in [0.2, 0.25) is 0 Å². The Morgan fingerprint density at radius 1 is 1.47 bits per heavy atom. The summed E-state index contributed by atoms with van der Waals surface area (Å²) in [5, 5.41) is 2.91. The first-order valence-corrected chi connectivity index (χ1v) is 6.22. The molecule has 0 heterocycles. The second-order valence-electron chi connectivity index (χ2n) is 4.47. The van der Waals surface area contributed by atoms with Crippen molar-refractivity contribution in [1.82, 2.24) is 0 Å². The summed E-state index contributed by atoms with van der Waals surface area (Å²) in [6, 6.07) is 7.83. The Kier molecular flexibility index (Phi) is 5.70. The number of hydrogen-bond acceptors (Lipinski definition) is 2. The number of carbonyl (C=O) groups excluding carboxylic acids is 1. The molecule has 0 aromatic heterocycles. The summed E-state index contributed by atoms with van der Waals surface area (Å²) < 4.78 is 0. The fraction of sp³-hybridized carbons (Fsp3) is 0.500. The third-order valence-corrected chi connectivity index (χ3v) is 2.99. The Morgan fingerprint density at radius 3 is 2.82 bits per heavy atom. The number of rotatable bonds is 6. The van der Waals surface area contributed by atoms with Crippen LogP contribution in [0.5, 0.6) is 0 Å². The minimum Gasteiger partial charge on any atom is -0.330 e. The Hall–Kier alpha value is -1.35. The van der Waals surface area contributed by atoms with E-state index >= 15 is 0 Å². The van der Waals surface area contributed by atoms with Gasteiger partial charge < -0.3 is 11.1 Å². The van der Waals surface area contributed by atoms with Gasteiger partial charge in [-0.3, -0.25) is 4.79 Å². The van der Waals surface area contributed by atoms with Gasteiger partial charge in [-0.05, 0) is 43.5 Å². The first-order chi connectivity index (χ1) is 8.15. The van der Waals surface area contributed by atoms with Crippen LogP contribution < -0.4 is 11.1 Å². The zero-order valence-corrected chi connectivity index (χ0v) is 10.7. The van der Waals surface area contributed by atoms with Crippen molar-refractivity contribution in [2.45, 2.75) is 33.1 Å². The van der Waals surface area contributed by atoms with Crippen LogP contribution in [0, 0.1) is 12.8 Å². The second kappa shape index (κ2) is 7.07. The molecule has 0 saturated carbocycles. The standard InChI is InChI=1S/C14H22N2O/c1-3-12(10-15)7-8-14(17)16-13-6-4-5-11(2)9-13/h4-6,9,12H,3,7-8,10,15H2,1-2H3,(H,16,17). The van der Waals surface area contributed by atoms with E-state index in [4.69, 9.17) is 5.73 Å². The van der Waals surface area contributed by atoms with Gasteiger partial charge in [0.15, 0.2) is 0 Å². The van der Waals surface area contributed by atoms with E-state index in [1.54, 1.807) is 0 Å². The first kappa shape index (κ1) is 13.7. The molecule has 17 heavy (non-hydrogen) atoms. The average molecular weight is 234 g/mol. The molecule has 94 valence electrons. The molecule has 1 unspecified atom stereocenters. The van der Waals surface area contributed by atoms with Crippen LogP contribution in [0.25, 0.3) is 0 Å². The Bertz CT molecular complexity index is 359. The smallest absolute Gasteiger partial charge is 0.224 e. The van der Waals surface area contributed by atoms with Crippen molar-refractivity contribution in [2.24, 2.45) is 11.7 Å². The van der Waals surface area contributed by atoms with Gasteiger partial charge in [0, 0.05) is 12.1 Å². The van der Waals surface area contributed by atoms with E-state index in [1.165, 1.54) is 0 Å². The maximum atomic E-state index is 11.7. The van der Waals surface area contributed by atoms with Crippen molar-refractivity contribution in [3.63, 3.8) is 0 Å². The molecular formula is C14H22N2O. The van der Waals surface area contributed by atoms with E-state index in [0.29, 0.717) is 18.9 Å². The molecule has 0 aliphatic rings. The average Bonchev–Trinajstić information content (AvgIpc) is 2.30. The van der Waals surface area contributed by atoms with Crippen LogP contribution in [-0.2, 0) is 4.79 Å². The van der Waals surface area contributed by atoms with Gasteiger partial charge in [-0.15, -0.1) is 0 Å². The third kappa shape index (κ3) is 5.00. The summed E-state index contributed by atoms with van der Waals surface area (Å²) >= 11 is 0. The van der Waals surface area contributed by atoms with Crippen LogP contribution >= 0.6 is 0 Å². The van der Waals surface area contributed by atoms with Crippen LogP contribution in [0.1, 0.15) is 31.7 Å². The minimum atomic E-state index is 0.0718. The molecule has 1 rings (SSSR count). The highest BCUT2D eigenvalue weighted by atomic mass is 16.1. The maximum absolute atomic E-state index is 11.7. The Labute approximate surface area is 103 Å². The summed E-state index contributed by atoms with van der Waals surface area (Å²) in [5.41, 5.74) is 7.63. The highest BCUT2D eigenvalue weighted by Gasteiger charge is 2.08. The maximum Gasteiger partial charge on any atom is 0.224 e. The predicted octanol–water partition coefficient (Wildman–Crippen LogP) is 2.70. The molecule has 0 saturated heterocycles. The molecular weight excluding hydrogens is 212 g/mol. The quantitative estimate of drug-likeness (QED) is 0.795. The first-order valence-electron chi connectivity index (χ1n) is 6.22. The van der Waals surface area contributed by atoms with E-state index in [2.05, 4.69) is 12.2 Å². The molecule has 3 nitrogen and oxygen atoms in total. The molecule has 1 amide bonds. The van der Waals surface area contributed by atoms with Crippen LogP contribution in [0.15, 0.2) is 24.3 Å². The lowest BCUT2D eigenvalue weighted by atomic mass is 10.0. The number of carbonyl (C=O) groups is 1. The van der Waals surface area contributed by atoms with E-state index in [1.807, 2.05) is 31.2 Å². The van der Waals surface area contributed by atoms with Crippen molar-refractivity contribution >= 4 is 11.6 Å². The highest BCUT2D eigenvalue weighted by molar-refractivity contribution is 5.90. The molecule has 0 bridgehead atoms. The SMILES string of the molecule is CCC(CN)CCC(=O)Nc1cccc(C)c1. The molecule has 0 spiro atoms. The summed E-state index contributed by atoms with van der Waals surface area (Å²) in [6.07, 6.45) is 2.45. The number of aryl methyl sites for hydroxylation is 1. The second-order valence-corrected chi connectivity index (χ2v) is 4.47. The van der Waals surface area contributed by atoms with Crippen LogP contribution in [-0.4, -0.2) is 12.5 Å². The van der Waals surface area contributed by atoms with E-state index in [-0.39, 0.29) is 5.91 Å². The fourth-order valence-corrected chi connectivity index (χ4v) is 1.77. The van der Waals surface area contributed by atoms with Gasteiger partial charge in [0.05, 0.1) is 0 Å². The summed E-state index contributed by atoms with van der Waals surface area (Å²) in [5.74, 6) is 0.528. The van der Waals surface area contributed by atoms with Crippen molar-refractivity contribution in [3.8, 4) is 0 Å². The molecule has 0 fully saturated rings. The molecule has 0 radical (unpaired) electrons.